The minimum absolute atomic E-state index is 0.149. The largest absolute Gasteiger partial charge is 0.508 e. The molecule has 0 fully saturated rings. The fourth-order valence-electron chi connectivity index (χ4n) is 1.47. The van der Waals surface area contributed by atoms with E-state index in [4.69, 9.17) is 10.5 Å². The number of aromatic hydroxyl groups is 1. The highest BCUT2D eigenvalue weighted by atomic mass is 16.3. The first kappa shape index (κ1) is 9.05. The summed E-state index contributed by atoms with van der Waals surface area (Å²) in [7, 11) is 0. The Hall–Kier alpha value is -2.52. The summed E-state index contributed by atoms with van der Waals surface area (Å²) in [6, 6.07) is 12.0. The van der Waals surface area contributed by atoms with Crippen LogP contribution in [0.25, 0.3) is 10.8 Å². The summed E-state index contributed by atoms with van der Waals surface area (Å²) in [5.41, 5.74) is 0.686. The third-order valence-corrected chi connectivity index (χ3v) is 2.20. The van der Waals surface area contributed by atoms with Gasteiger partial charge in [-0.05, 0) is 35.0 Å². The van der Waals surface area contributed by atoms with Gasteiger partial charge in [0, 0.05) is 0 Å². The molecule has 0 atom stereocenters. The highest BCUT2D eigenvalue weighted by Gasteiger charge is 2.04. The van der Waals surface area contributed by atoms with Crippen molar-refractivity contribution in [3.63, 3.8) is 0 Å². The Morgan fingerprint density at radius 2 is 1.47 bits per heavy atom. The van der Waals surface area contributed by atoms with E-state index in [-0.39, 0.29) is 5.75 Å². The Balaban J connectivity index is 2.84. The molecule has 3 heteroatoms. The molecule has 3 nitrogen and oxygen atoms in total. The highest BCUT2D eigenvalue weighted by molar-refractivity contribution is 5.86. The van der Waals surface area contributed by atoms with E-state index in [1.54, 1.807) is 30.3 Å². The highest BCUT2D eigenvalue weighted by Crippen LogP contribution is 2.23. The van der Waals surface area contributed by atoms with E-state index in [0.717, 1.165) is 10.8 Å². The van der Waals surface area contributed by atoms with E-state index >= 15 is 0 Å². The van der Waals surface area contributed by atoms with Crippen molar-refractivity contribution >= 4 is 10.8 Å². The number of benzene rings is 2. The number of nitrogens with zero attached hydrogens (tertiary/aromatic N) is 2. The molecule has 0 unspecified atom stereocenters. The van der Waals surface area contributed by atoms with Gasteiger partial charge in [-0.3, -0.25) is 0 Å². The maximum absolute atomic E-state index is 9.27. The van der Waals surface area contributed by atoms with Gasteiger partial charge in [0.25, 0.3) is 0 Å². The summed E-state index contributed by atoms with van der Waals surface area (Å²) in [5.74, 6) is 0.149. The van der Waals surface area contributed by atoms with E-state index in [0.29, 0.717) is 11.1 Å². The first-order chi connectivity index (χ1) is 7.24. The SMILES string of the molecule is N#Cc1cc2ccc(O)cc2cc1C#N. The quantitative estimate of drug-likeness (QED) is 0.699. The summed E-state index contributed by atoms with van der Waals surface area (Å²) in [6.07, 6.45) is 0. The molecule has 0 aliphatic rings. The predicted molar refractivity (Wildman–Crippen MR) is 55.0 cm³/mol. The Morgan fingerprint density at radius 3 is 2.07 bits per heavy atom. The van der Waals surface area contributed by atoms with Gasteiger partial charge in [0.1, 0.15) is 17.9 Å². The lowest BCUT2D eigenvalue weighted by Crippen LogP contribution is -1.84. The van der Waals surface area contributed by atoms with E-state index in [1.807, 2.05) is 12.1 Å². The molecule has 0 spiro atoms. The zero-order valence-electron chi connectivity index (χ0n) is 7.73. The fraction of sp³-hybridized carbons (Fsp3) is 0. The molecule has 15 heavy (non-hydrogen) atoms. The molecule has 70 valence electrons. The summed E-state index contributed by atoms with van der Waals surface area (Å²) in [5, 5.41) is 28.5. The number of nitriles is 2. The average molecular weight is 194 g/mol. The molecule has 2 rings (SSSR count). The smallest absolute Gasteiger partial charge is 0.116 e. The number of rotatable bonds is 0. The van der Waals surface area contributed by atoms with Crippen molar-refractivity contribution in [3.05, 3.63) is 41.5 Å². The molecule has 0 heterocycles. The lowest BCUT2D eigenvalue weighted by Gasteiger charge is -2.00. The van der Waals surface area contributed by atoms with Gasteiger partial charge in [0.2, 0.25) is 0 Å². The molecule has 0 bridgehead atoms. The molecule has 1 N–H and O–H groups in total. The van der Waals surface area contributed by atoms with Crippen LogP contribution in [0.4, 0.5) is 0 Å². The van der Waals surface area contributed by atoms with Gasteiger partial charge >= 0.3 is 0 Å². The second-order valence-electron chi connectivity index (χ2n) is 3.15. The maximum Gasteiger partial charge on any atom is 0.116 e. The predicted octanol–water partition coefficient (Wildman–Crippen LogP) is 2.29. The summed E-state index contributed by atoms with van der Waals surface area (Å²) < 4.78 is 0. The van der Waals surface area contributed by atoms with Crippen molar-refractivity contribution in [2.75, 3.05) is 0 Å². The van der Waals surface area contributed by atoms with Gasteiger partial charge in [0.15, 0.2) is 0 Å². The van der Waals surface area contributed by atoms with Crippen LogP contribution in [-0.4, -0.2) is 5.11 Å². The van der Waals surface area contributed by atoms with Crippen LogP contribution < -0.4 is 0 Å². The first-order valence-corrected chi connectivity index (χ1v) is 4.31. The minimum atomic E-state index is 0.149. The second-order valence-corrected chi connectivity index (χ2v) is 3.15. The molecule has 0 aromatic heterocycles. The van der Waals surface area contributed by atoms with Crippen molar-refractivity contribution in [1.29, 1.82) is 10.5 Å². The van der Waals surface area contributed by atoms with Crippen molar-refractivity contribution in [3.8, 4) is 17.9 Å². The summed E-state index contributed by atoms with van der Waals surface area (Å²) in [4.78, 5) is 0. The van der Waals surface area contributed by atoms with Crippen molar-refractivity contribution < 1.29 is 5.11 Å². The third kappa shape index (κ3) is 1.47. The molecular formula is C12H6N2O. The molecule has 2 aromatic rings. The maximum atomic E-state index is 9.27. The first-order valence-electron chi connectivity index (χ1n) is 4.31. The van der Waals surface area contributed by atoms with Crippen LogP contribution >= 0.6 is 0 Å². The lowest BCUT2D eigenvalue weighted by atomic mass is 10.0. The van der Waals surface area contributed by atoms with Crippen LogP contribution in [-0.2, 0) is 0 Å². The number of phenols is 1. The summed E-state index contributed by atoms with van der Waals surface area (Å²) in [6.45, 7) is 0. The average Bonchev–Trinajstić information content (AvgIpc) is 2.27. The van der Waals surface area contributed by atoms with Gasteiger partial charge in [-0.25, -0.2) is 0 Å². The molecule has 2 aromatic carbocycles. The van der Waals surface area contributed by atoms with Crippen LogP contribution in [0.3, 0.4) is 0 Å². The van der Waals surface area contributed by atoms with Crippen LogP contribution in [0.15, 0.2) is 30.3 Å². The Kier molecular flexibility index (Phi) is 2.00. The zero-order valence-corrected chi connectivity index (χ0v) is 7.73. The van der Waals surface area contributed by atoms with Gasteiger partial charge in [0.05, 0.1) is 11.1 Å². The van der Waals surface area contributed by atoms with Crippen LogP contribution in [0, 0.1) is 22.7 Å². The minimum Gasteiger partial charge on any atom is -0.508 e. The molecule has 0 saturated carbocycles. The Morgan fingerprint density at radius 1 is 0.867 bits per heavy atom. The van der Waals surface area contributed by atoms with Gasteiger partial charge in [-0.1, -0.05) is 6.07 Å². The number of phenolic OH excluding ortho intramolecular Hbond substituents is 1. The summed E-state index contributed by atoms with van der Waals surface area (Å²) >= 11 is 0. The Bertz CT molecular complexity index is 618. The molecule has 0 amide bonds. The second kappa shape index (κ2) is 3.32. The van der Waals surface area contributed by atoms with E-state index < -0.39 is 0 Å². The number of fused-ring (bicyclic) bond motifs is 1. The molecule has 0 radical (unpaired) electrons. The normalized spacial score (nSPS) is 9.47. The van der Waals surface area contributed by atoms with Crippen LogP contribution in [0.5, 0.6) is 5.75 Å². The monoisotopic (exact) mass is 194 g/mol. The van der Waals surface area contributed by atoms with Crippen molar-refractivity contribution in [1.82, 2.24) is 0 Å². The van der Waals surface area contributed by atoms with E-state index in [9.17, 15) is 5.11 Å². The number of hydrogen-bond acceptors (Lipinski definition) is 3. The van der Waals surface area contributed by atoms with Crippen molar-refractivity contribution in [2.45, 2.75) is 0 Å². The lowest BCUT2D eigenvalue weighted by molar-refractivity contribution is 0.476. The standard InChI is InChI=1S/C12H6N2O/c13-6-10-3-8-1-2-12(15)5-9(8)4-11(10)7-14/h1-5,15H. The van der Waals surface area contributed by atoms with E-state index in [2.05, 4.69) is 0 Å². The Labute approximate surface area is 86.4 Å². The fourth-order valence-corrected chi connectivity index (χ4v) is 1.47. The van der Waals surface area contributed by atoms with Gasteiger partial charge in [-0.15, -0.1) is 0 Å². The topological polar surface area (TPSA) is 67.8 Å². The third-order valence-electron chi connectivity index (χ3n) is 2.20. The molecule has 0 aliphatic heterocycles. The number of hydrogen-bond donors (Lipinski definition) is 1. The molecule has 0 aliphatic carbocycles. The van der Waals surface area contributed by atoms with Crippen LogP contribution in [0.2, 0.25) is 0 Å². The van der Waals surface area contributed by atoms with Crippen molar-refractivity contribution in [2.24, 2.45) is 0 Å². The molecular weight excluding hydrogens is 188 g/mol. The van der Waals surface area contributed by atoms with Gasteiger partial charge < -0.3 is 5.11 Å². The van der Waals surface area contributed by atoms with E-state index in [1.165, 1.54) is 0 Å². The zero-order chi connectivity index (χ0) is 10.8. The molecule has 0 saturated heterocycles. The van der Waals surface area contributed by atoms with Crippen LogP contribution in [0.1, 0.15) is 11.1 Å². The van der Waals surface area contributed by atoms with Gasteiger partial charge in [-0.2, -0.15) is 10.5 Å².